The van der Waals surface area contributed by atoms with Crippen LogP contribution in [0.3, 0.4) is 0 Å². The summed E-state index contributed by atoms with van der Waals surface area (Å²) in [6.45, 7) is 3.72. The highest BCUT2D eigenvalue weighted by molar-refractivity contribution is 5.98. The molecule has 4 heteroatoms. The molecule has 1 saturated heterocycles. The Labute approximate surface area is 93.8 Å². The van der Waals surface area contributed by atoms with Crippen molar-refractivity contribution in [2.24, 2.45) is 0 Å². The average Bonchev–Trinajstić information content (AvgIpc) is 3.12. The van der Waals surface area contributed by atoms with Crippen molar-refractivity contribution >= 4 is 5.78 Å². The van der Waals surface area contributed by atoms with Gasteiger partial charge in [-0.3, -0.25) is 9.69 Å². The Morgan fingerprint density at radius 1 is 1.19 bits per heavy atom. The lowest BCUT2D eigenvalue weighted by atomic mass is 10.1. The topological polar surface area (TPSA) is 38.5 Å². The van der Waals surface area contributed by atoms with Crippen LogP contribution in [0.15, 0.2) is 18.2 Å². The van der Waals surface area contributed by atoms with Crippen LogP contribution in [0.4, 0.5) is 0 Å². The molecule has 0 atom stereocenters. The molecule has 0 aromatic heterocycles. The number of hydrogen-bond acceptors (Lipinski definition) is 4. The fourth-order valence-corrected chi connectivity index (χ4v) is 1.74. The highest BCUT2D eigenvalue weighted by Crippen LogP contribution is 2.30. The molecule has 1 aromatic rings. The number of carbonyl (C=O) groups excluding carboxylic acids is 1. The summed E-state index contributed by atoms with van der Waals surface area (Å²) >= 11 is 0. The normalized spacial score (nSPS) is 18.2. The van der Waals surface area contributed by atoms with E-state index >= 15 is 0 Å². The molecule has 0 spiro atoms. The van der Waals surface area contributed by atoms with Gasteiger partial charge in [-0.05, 0) is 18.2 Å². The molecule has 0 N–H and O–H groups in total. The summed E-state index contributed by atoms with van der Waals surface area (Å²) in [5, 5.41) is 0. The van der Waals surface area contributed by atoms with E-state index in [1.54, 1.807) is 12.1 Å². The highest BCUT2D eigenvalue weighted by atomic mass is 16.6. The minimum atomic E-state index is 0.148. The summed E-state index contributed by atoms with van der Waals surface area (Å²) in [7, 11) is 0. The van der Waals surface area contributed by atoms with Crippen LogP contribution >= 0.6 is 0 Å². The van der Waals surface area contributed by atoms with E-state index in [-0.39, 0.29) is 5.78 Å². The third kappa shape index (κ3) is 1.88. The molecule has 0 aliphatic carbocycles. The van der Waals surface area contributed by atoms with E-state index in [1.807, 2.05) is 6.07 Å². The smallest absolute Gasteiger partial charge is 0.176 e. The first kappa shape index (κ1) is 9.66. The Balaban J connectivity index is 1.81. The van der Waals surface area contributed by atoms with Crippen LogP contribution in [0.5, 0.6) is 11.5 Å². The minimum absolute atomic E-state index is 0.148. The predicted octanol–water partition coefficient (Wildman–Crippen LogP) is 0.956. The minimum Gasteiger partial charge on any atom is -0.486 e. The van der Waals surface area contributed by atoms with E-state index in [0.29, 0.717) is 31.1 Å². The van der Waals surface area contributed by atoms with Gasteiger partial charge in [-0.1, -0.05) is 0 Å². The first-order valence-electron chi connectivity index (χ1n) is 5.48. The highest BCUT2D eigenvalue weighted by Gasteiger charge is 2.22. The molecular formula is C12H13NO3. The van der Waals surface area contributed by atoms with Gasteiger partial charge in [0.05, 0.1) is 6.54 Å². The maximum atomic E-state index is 11.8. The number of hydrogen-bond donors (Lipinski definition) is 0. The van der Waals surface area contributed by atoms with Crippen LogP contribution in [0.2, 0.25) is 0 Å². The Morgan fingerprint density at radius 3 is 2.69 bits per heavy atom. The van der Waals surface area contributed by atoms with Gasteiger partial charge in [-0.2, -0.15) is 0 Å². The molecule has 0 unspecified atom stereocenters. The van der Waals surface area contributed by atoms with Crippen molar-refractivity contribution < 1.29 is 14.3 Å². The molecule has 0 radical (unpaired) electrons. The van der Waals surface area contributed by atoms with Crippen LogP contribution in [0.1, 0.15) is 10.4 Å². The van der Waals surface area contributed by atoms with Gasteiger partial charge in [0.1, 0.15) is 13.2 Å². The van der Waals surface area contributed by atoms with Gasteiger partial charge in [-0.25, -0.2) is 0 Å². The van der Waals surface area contributed by atoms with Crippen LogP contribution in [0, 0.1) is 0 Å². The standard InChI is InChI=1S/C12H13NO3/c14-10(8-13-3-4-13)9-1-2-11-12(7-9)16-6-5-15-11/h1-2,7H,3-6,8H2. The van der Waals surface area contributed by atoms with E-state index in [2.05, 4.69) is 4.90 Å². The molecule has 0 saturated carbocycles. The van der Waals surface area contributed by atoms with Gasteiger partial charge in [-0.15, -0.1) is 0 Å². The van der Waals surface area contributed by atoms with Crippen molar-refractivity contribution in [1.29, 1.82) is 0 Å². The largest absolute Gasteiger partial charge is 0.486 e. The molecule has 4 nitrogen and oxygen atoms in total. The number of ketones is 1. The second-order valence-corrected chi connectivity index (χ2v) is 4.06. The fourth-order valence-electron chi connectivity index (χ4n) is 1.74. The van der Waals surface area contributed by atoms with Crippen LogP contribution in [0.25, 0.3) is 0 Å². The Bertz CT molecular complexity index is 426. The quantitative estimate of drug-likeness (QED) is 0.560. The molecule has 2 aliphatic rings. The van der Waals surface area contributed by atoms with E-state index < -0.39 is 0 Å². The van der Waals surface area contributed by atoms with Crippen LogP contribution < -0.4 is 9.47 Å². The lowest BCUT2D eigenvalue weighted by Gasteiger charge is -2.18. The molecular weight excluding hydrogens is 206 g/mol. The first-order valence-corrected chi connectivity index (χ1v) is 5.48. The number of ether oxygens (including phenoxy) is 2. The molecule has 84 valence electrons. The first-order chi connectivity index (χ1) is 7.83. The van der Waals surface area contributed by atoms with Crippen molar-refractivity contribution in [3.63, 3.8) is 0 Å². The van der Waals surface area contributed by atoms with Gasteiger partial charge >= 0.3 is 0 Å². The Kier molecular flexibility index (Phi) is 2.29. The lowest BCUT2D eigenvalue weighted by Crippen LogP contribution is -2.17. The van der Waals surface area contributed by atoms with E-state index in [1.165, 1.54) is 0 Å². The summed E-state index contributed by atoms with van der Waals surface area (Å²) in [6.07, 6.45) is 0. The maximum absolute atomic E-state index is 11.8. The molecule has 2 heterocycles. The number of fused-ring (bicyclic) bond motifs is 1. The summed E-state index contributed by atoms with van der Waals surface area (Å²) < 4.78 is 10.8. The Hall–Kier alpha value is -1.55. The SMILES string of the molecule is O=C(CN1CC1)c1ccc2c(c1)OCCO2. The number of nitrogens with zero attached hydrogens (tertiary/aromatic N) is 1. The fraction of sp³-hybridized carbons (Fsp3) is 0.417. The molecule has 0 amide bonds. The third-order valence-corrected chi connectivity index (χ3v) is 2.77. The van der Waals surface area contributed by atoms with E-state index in [9.17, 15) is 4.79 Å². The monoisotopic (exact) mass is 219 g/mol. The third-order valence-electron chi connectivity index (χ3n) is 2.77. The summed E-state index contributed by atoms with van der Waals surface area (Å²) in [5.41, 5.74) is 0.705. The summed E-state index contributed by atoms with van der Waals surface area (Å²) in [5.74, 6) is 1.56. The van der Waals surface area contributed by atoms with Crippen molar-refractivity contribution in [2.75, 3.05) is 32.8 Å². The lowest BCUT2D eigenvalue weighted by molar-refractivity contribution is 0.0973. The van der Waals surface area contributed by atoms with Crippen molar-refractivity contribution in [1.82, 2.24) is 4.90 Å². The van der Waals surface area contributed by atoms with Crippen molar-refractivity contribution in [3.8, 4) is 11.5 Å². The van der Waals surface area contributed by atoms with Gasteiger partial charge in [0.25, 0.3) is 0 Å². The average molecular weight is 219 g/mol. The van der Waals surface area contributed by atoms with Crippen LogP contribution in [-0.2, 0) is 0 Å². The summed E-state index contributed by atoms with van der Waals surface area (Å²) in [6, 6.07) is 5.39. The second kappa shape index (κ2) is 3.79. The number of carbonyl (C=O) groups is 1. The van der Waals surface area contributed by atoms with Crippen molar-refractivity contribution in [2.45, 2.75) is 0 Å². The zero-order valence-corrected chi connectivity index (χ0v) is 8.94. The van der Waals surface area contributed by atoms with E-state index in [0.717, 1.165) is 18.8 Å². The Morgan fingerprint density at radius 2 is 1.94 bits per heavy atom. The molecule has 3 rings (SSSR count). The zero-order valence-electron chi connectivity index (χ0n) is 8.94. The number of rotatable bonds is 3. The number of Topliss-reactive ketones (excluding diaryl/α,β-unsaturated/α-hetero) is 1. The van der Waals surface area contributed by atoms with Crippen molar-refractivity contribution in [3.05, 3.63) is 23.8 Å². The van der Waals surface area contributed by atoms with Gasteiger partial charge < -0.3 is 9.47 Å². The summed E-state index contributed by atoms with van der Waals surface area (Å²) in [4.78, 5) is 13.9. The molecule has 1 fully saturated rings. The second-order valence-electron chi connectivity index (χ2n) is 4.06. The van der Waals surface area contributed by atoms with Gasteiger partial charge in [0.15, 0.2) is 17.3 Å². The van der Waals surface area contributed by atoms with E-state index in [4.69, 9.17) is 9.47 Å². The predicted molar refractivity (Wildman–Crippen MR) is 58.2 cm³/mol. The maximum Gasteiger partial charge on any atom is 0.176 e. The molecule has 2 aliphatic heterocycles. The van der Waals surface area contributed by atoms with Gasteiger partial charge in [0, 0.05) is 18.7 Å². The van der Waals surface area contributed by atoms with Gasteiger partial charge in [0.2, 0.25) is 0 Å². The number of benzene rings is 1. The molecule has 16 heavy (non-hydrogen) atoms. The van der Waals surface area contributed by atoms with Crippen LogP contribution in [-0.4, -0.2) is 43.5 Å². The zero-order chi connectivity index (χ0) is 11.0. The molecule has 1 aromatic carbocycles. The molecule has 0 bridgehead atoms.